The molecule has 3 aromatic carbocycles. The Morgan fingerprint density at radius 1 is 0.857 bits per heavy atom. The fraction of sp³-hybridized carbons (Fsp3) is 0.0588. The summed E-state index contributed by atoms with van der Waals surface area (Å²) in [7, 11) is 0. The highest BCUT2D eigenvalue weighted by molar-refractivity contribution is 7.98. The van der Waals surface area contributed by atoms with Gasteiger partial charge in [-0.05, 0) is 29.0 Å². The number of thioether (sulfide) groups is 1. The number of hydrogen-bond acceptors (Lipinski definition) is 3. The van der Waals surface area contributed by atoms with Crippen LogP contribution >= 0.6 is 11.8 Å². The van der Waals surface area contributed by atoms with Crippen molar-refractivity contribution in [3.05, 3.63) is 66.7 Å². The third-order valence-corrected chi connectivity index (χ3v) is 4.55. The lowest BCUT2D eigenvalue weighted by Crippen LogP contribution is -1.96. The van der Waals surface area contributed by atoms with Crippen LogP contribution < -0.4 is 0 Å². The Bertz CT molecular complexity index is 909. The molecule has 3 nitrogen and oxygen atoms in total. The van der Waals surface area contributed by atoms with Crippen LogP contribution in [0.25, 0.3) is 21.8 Å². The molecule has 0 amide bonds. The van der Waals surface area contributed by atoms with Crippen molar-refractivity contribution in [2.24, 2.45) is 0 Å². The number of rotatable bonds is 3. The first kappa shape index (κ1) is 12.4. The summed E-state index contributed by atoms with van der Waals surface area (Å²) in [5, 5.41) is 11.0. The van der Waals surface area contributed by atoms with Gasteiger partial charge in [0.15, 0.2) is 0 Å². The van der Waals surface area contributed by atoms with E-state index in [-0.39, 0.29) is 0 Å². The van der Waals surface area contributed by atoms with Crippen LogP contribution in [0.2, 0.25) is 0 Å². The van der Waals surface area contributed by atoms with Crippen LogP contribution in [-0.2, 0) is 5.88 Å². The number of aromatic nitrogens is 3. The van der Waals surface area contributed by atoms with Gasteiger partial charge >= 0.3 is 0 Å². The van der Waals surface area contributed by atoms with E-state index in [1.807, 2.05) is 22.9 Å². The summed E-state index contributed by atoms with van der Waals surface area (Å²) in [5.41, 5.74) is 2.02. The van der Waals surface area contributed by atoms with Gasteiger partial charge in [0, 0.05) is 4.90 Å². The van der Waals surface area contributed by atoms with Crippen LogP contribution in [0.3, 0.4) is 0 Å². The Hall–Kier alpha value is -2.33. The first-order chi connectivity index (χ1) is 10.4. The van der Waals surface area contributed by atoms with Gasteiger partial charge in [0.1, 0.15) is 5.52 Å². The molecule has 0 unspecified atom stereocenters. The van der Waals surface area contributed by atoms with Crippen molar-refractivity contribution in [1.82, 2.24) is 15.0 Å². The zero-order chi connectivity index (χ0) is 14.1. The largest absolute Gasteiger partial charge is 0.234 e. The second-order valence-electron chi connectivity index (χ2n) is 4.83. The summed E-state index contributed by atoms with van der Waals surface area (Å²) in [5.74, 6) is 0.758. The number of hydrogen-bond donors (Lipinski definition) is 0. The Morgan fingerprint density at radius 2 is 1.67 bits per heavy atom. The van der Waals surface area contributed by atoms with Crippen LogP contribution in [0.15, 0.2) is 71.6 Å². The topological polar surface area (TPSA) is 30.7 Å². The molecule has 0 N–H and O–H groups in total. The molecule has 0 aliphatic carbocycles. The predicted molar refractivity (Wildman–Crippen MR) is 87.3 cm³/mol. The highest BCUT2D eigenvalue weighted by Crippen LogP contribution is 2.29. The van der Waals surface area contributed by atoms with E-state index in [9.17, 15) is 0 Å². The molecule has 0 fully saturated rings. The highest BCUT2D eigenvalue weighted by atomic mass is 32.2. The maximum absolute atomic E-state index is 4.24. The van der Waals surface area contributed by atoms with Gasteiger partial charge in [-0.3, -0.25) is 0 Å². The Balaban J connectivity index is 1.67. The number of fused-ring (bicyclic) bond motifs is 2. The summed E-state index contributed by atoms with van der Waals surface area (Å²) < 4.78 is 1.95. The fourth-order valence-corrected chi connectivity index (χ4v) is 3.43. The normalized spacial score (nSPS) is 11.2. The van der Waals surface area contributed by atoms with Gasteiger partial charge in [0.2, 0.25) is 0 Å². The SMILES string of the molecule is c1ccc2c(SCn3nnc4ccccc43)cccc2c1. The van der Waals surface area contributed by atoms with Crippen LogP contribution in [0.5, 0.6) is 0 Å². The molecular formula is C17H13N3S. The van der Waals surface area contributed by atoms with Gasteiger partial charge in [-0.25, -0.2) is 4.68 Å². The van der Waals surface area contributed by atoms with Gasteiger partial charge in [0.25, 0.3) is 0 Å². The zero-order valence-electron chi connectivity index (χ0n) is 11.3. The molecule has 0 aliphatic heterocycles. The van der Waals surface area contributed by atoms with Gasteiger partial charge in [-0.2, -0.15) is 0 Å². The van der Waals surface area contributed by atoms with Gasteiger partial charge in [-0.1, -0.05) is 53.7 Å². The number of para-hydroxylation sites is 1. The summed E-state index contributed by atoms with van der Waals surface area (Å²) in [6.45, 7) is 0. The maximum Gasteiger partial charge on any atom is 0.113 e. The second-order valence-corrected chi connectivity index (χ2v) is 5.82. The molecule has 0 aliphatic rings. The monoisotopic (exact) mass is 291 g/mol. The summed E-state index contributed by atoms with van der Waals surface area (Å²) in [4.78, 5) is 1.27. The molecule has 0 saturated carbocycles. The van der Waals surface area contributed by atoms with Crippen molar-refractivity contribution in [2.75, 3.05) is 0 Å². The molecule has 4 heteroatoms. The molecule has 0 saturated heterocycles. The highest BCUT2D eigenvalue weighted by Gasteiger charge is 2.05. The molecular weight excluding hydrogens is 278 g/mol. The quantitative estimate of drug-likeness (QED) is 0.526. The molecule has 0 radical (unpaired) electrons. The van der Waals surface area contributed by atoms with Gasteiger partial charge in [0.05, 0.1) is 11.4 Å². The lowest BCUT2D eigenvalue weighted by atomic mass is 10.1. The Morgan fingerprint density at radius 3 is 2.67 bits per heavy atom. The molecule has 1 aromatic heterocycles. The number of nitrogens with zero attached hydrogens (tertiary/aromatic N) is 3. The number of benzene rings is 3. The van der Waals surface area contributed by atoms with E-state index in [2.05, 4.69) is 58.8 Å². The lowest BCUT2D eigenvalue weighted by molar-refractivity contribution is 0.723. The third kappa shape index (κ3) is 2.28. The maximum atomic E-state index is 4.24. The lowest BCUT2D eigenvalue weighted by Gasteiger charge is -2.06. The van der Waals surface area contributed by atoms with E-state index in [0.29, 0.717) is 0 Å². The molecule has 0 bridgehead atoms. The van der Waals surface area contributed by atoms with E-state index < -0.39 is 0 Å². The molecule has 102 valence electrons. The molecule has 1 heterocycles. The molecule has 21 heavy (non-hydrogen) atoms. The summed E-state index contributed by atoms with van der Waals surface area (Å²) >= 11 is 1.78. The first-order valence-electron chi connectivity index (χ1n) is 6.80. The van der Waals surface area contributed by atoms with Gasteiger partial charge in [-0.15, -0.1) is 16.9 Å². The molecule has 0 spiro atoms. The van der Waals surface area contributed by atoms with Crippen molar-refractivity contribution in [2.45, 2.75) is 10.8 Å². The van der Waals surface area contributed by atoms with Crippen LogP contribution in [0, 0.1) is 0 Å². The average molecular weight is 291 g/mol. The molecule has 0 atom stereocenters. The Kier molecular flexibility index (Phi) is 3.09. The van der Waals surface area contributed by atoms with Crippen molar-refractivity contribution in [3.8, 4) is 0 Å². The standard InChI is InChI=1S/C17H13N3S/c1-2-8-14-13(6-1)7-5-11-17(14)21-12-20-16-10-4-3-9-15(16)18-19-20/h1-11H,12H2. The van der Waals surface area contributed by atoms with Crippen LogP contribution in [0.1, 0.15) is 0 Å². The van der Waals surface area contributed by atoms with Crippen molar-refractivity contribution >= 4 is 33.6 Å². The molecule has 4 rings (SSSR count). The van der Waals surface area contributed by atoms with Crippen LogP contribution in [-0.4, -0.2) is 15.0 Å². The van der Waals surface area contributed by atoms with E-state index in [1.54, 1.807) is 11.8 Å². The summed E-state index contributed by atoms with van der Waals surface area (Å²) in [6.07, 6.45) is 0. The van der Waals surface area contributed by atoms with E-state index in [0.717, 1.165) is 16.9 Å². The van der Waals surface area contributed by atoms with Crippen LogP contribution in [0.4, 0.5) is 0 Å². The van der Waals surface area contributed by atoms with Gasteiger partial charge < -0.3 is 0 Å². The minimum atomic E-state index is 0.758. The zero-order valence-corrected chi connectivity index (χ0v) is 12.1. The molecule has 4 aromatic rings. The van der Waals surface area contributed by atoms with Crippen molar-refractivity contribution in [3.63, 3.8) is 0 Å². The third-order valence-electron chi connectivity index (χ3n) is 3.51. The minimum absolute atomic E-state index is 0.758. The smallest absolute Gasteiger partial charge is 0.113 e. The van der Waals surface area contributed by atoms with Crippen molar-refractivity contribution in [1.29, 1.82) is 0 Å². The minimum Gasteiger partial charge on any atom is -0.234 e. The van der Waals surface area contributed by atoms with E-state index >= 15 is 0 Å². The summed E-state index contributed by atoms with van der Waals surface area (Å²) in [6, 6.07) is 22.9. The predicted octanol–water partition coefficient (Wildman–Crippen LogP) is 4.33. The van der Waals surface area contributed by atoms with Crippen molar-refractivity contribution < 1.29 is 0 Å². The average Bonchev–Trinajstić information content (AvgIpc) is 2.96. The van der Waals surface area contributed by atoms with E-state index in [1.165, 1.54) is 15.7 Å². The fourth-order valence-electron chi connectivity index (χ4n) is 2.46. The second kappa shape index (κ2) is 5.22. The Labute approximate surface area is 126 Å². The first-order valence-corrected chi connectivity index (χ1v) is 7.79. The van der Waals surface area contributed by atoms with E-state index in [4.69, 9.17) is 0 Å².